The maximum absolute atomic E-state index is 12.5. The number of benzene rings is 3. The van der Waals surface area contributed by atoms with Crippen molar-refractivity contribution in [1.29, 1.82) is 0 Å². The van der Waals surface area contributed by atoms with Crippen LogP contribution in [0.15, 0.2) is 72.8 Å². The van der Waals surface area contributed by atoms with Gasteiger partial charge in [0.2, 0.25) is 5.91 Å². The van der Waals surface area contributed by atoms with Crippen LogP contribution in [0.25, 0.3) is 0 Å². The molecule has 3 aromatic carbocycles. The lowest BCUT2D eigenvalue weighted by Gasteiger charge is -2.16. The first-order valence-electron chi connectivity index (χ1n) is 9.72. The van der Waals surface area contributed by atoms with Crippen LogP contribution in [0.4, 0.5) is 11.4 Å². The van der Waals surface area contributed by atoms with Crippen molar-refractivity contribution >= 4 is 34.8 Å². The number of anilines is 2. The lowest BCUT2D eigenvalue weighted by Crippen LogP contribution is -2.29. The van der Waals surface area contributed by atoms with E-state index >= 15 is 0 Å². The van der Waals surface area contributed by atoms with Gasteiger partial charge in [-0.05, 0) is 61.1 Å². The molecule has 2 N–H and O–H groups in total. The molecule has 7 heteroatoms. The van der Waals surface area contributed by atoms with Crippen molar-refractivity contribution in [2.24, 2.45) is 0 Å². The number of rotatable bonds is 8. The van der Waals surface area contributed by atoms with E-state index in [1.165, 1.54) is 0 Å². The summed E-state index contributed by atoms with van der Waals surface area (Å²) in [6, 6.07) is 21.5. The number of carbonyl (C=O) groups is 2. The zero-order valence-corrected chi connectivity index (χ0v) is 18.1. The first-order chi connectivity index (χ1) is 14.9. The number of ether oxygens (including phenoxy) is 1. The van der Waals surface area contributed by atoms with E-state index in [0.29, 0.717) is 34.3 Å². The number of hydrogen-bond donors (Lipinski definition) is 2. The summed E-state index contributed by atoms with van der Waals surface area (Å²) in [7, 11) is 3.42. The van der Waals surface area contributed by atoms with Crippen molar-refractivity contribution < 1.29 is 14.3 Å². The second-order valence-corrected chi connectivity index (χ2v) is 7.52. The van der Waals surface area contributed by atoms with Gasteiger partial charge in [0.15, 0.2) is 0 Å². The first kappa shape index (κ1) is 22.3. The number of carbonyl (C=O) groups excluding carboxylic acids is 2. The lowest BCUT2D eigenvalue weighted by molar-refractivity contribution is -0.117. The normalized spacial score (nSPS) is 10.6. The zero-order chi connectivity index (χ0) is 22.2. The Bertz CT molecular complexity index is 1050. The summed E-state index contributed by atoms with van der Waals surface area (Å²) in [6.45, 7) is 0.832. The molecule has 0 heterocycles. The molecule has 0 unspecified atom stereocenters. The number of likely N-dealkylation sites (N-methyl/N-ethyl adjacent to an activating group) is 1. The molecule has 0 saturated carbocycles. The Morgan fingerprint density at radius 2 is 1.71 bits per heavy atom. The van der Waals surface area contributed by atoms with E-state index in [9.17, 15) is 9.59 Å². The zero-order valence-electron chi connectivity index (χ0n) is 17.4. The molecule has 6 nitrogen and oxygen atoms in total. The van der Waals surface area contributed by atoms with Gasteiger partial charge in [-0.2, -0.15) is 0 Å². The summed E-state index contributed by atoms with van der Waals surface area (Å²) in [5, 5.41) is 6.34. The number of para-hydroxylation sites is 2. The van der Waals surface area contributed by atoms with E-state index in [1.54, 1.807) is 43.5 Å². The molecule has 160 valence electrons. The fraction of sp³-hybridized carbons (Fsp3) is 0.167. The van der Waals surface area contributed by atoms with Crippen LogP contribution in [0, 0.1) is 0 Å². The summed E-state index contributed by atoms with van der Waals surface area (Å²) >= 11 is 6.00. The Hall–Kier alpha value is -3.35. The predicted octanol–water partition coefficient (Wildman–Crippen LogP) is 4.67. The minimum Gasteiger partial charge on any atom is -0.495 e. The highest BCUT2D eigenvalue weighted by molar-refractivity contribution is 6.30. The molecular formula is C24H24ClN3O3. The van der Waals surface area contributed by atoms with Gasteiger partial charge < -0.3 is 15.4 Å². The van der Waals surface area contributed by atoms with Gasteiger partial charge in [-0.1, -0.05) is 35.9 Å². The van der Waals surface area contributed by atoms with E-state index < -0.39 is 0 Å². The van der Waals surface area contributed by atoms with Crippen LogP contribution in [0.1, 0.15) is 15.9 Å². The van der Waals surface area contributed by atoms with Gasteiger partial charge in [-0.3, -0.25) is 14.5 Å². The molecular weight excluding hydrogens is 414 g/mol. The number of nitrogens with one attached hydrogen (secondary N) is 2. The Kier molecular flexibility index (Phi) is 7.65. The second kappa shape index (κ2) is 10.6. The molecule has 3 rings (SSSR count). The molecule has 0 aliphatic carbocycles. The molecule has 2 amide bonds. The third kappa shape index (κ3) is 6.57. The number of methoxy groups -OCH3 is 1. The molecule has 0 bridgehead atoms. The van der Waals surface area contributed by atoms with Crippen molar-refractivity contribution in [2.75, 3.05) is 31.3 Å². The number of halogens is 1. The van der Waals surface area contributed by atoms with E-state index in [1.807, 2.05) is 48.3 Å². The summed E-state index contributed by atoms with van der Waals surface area (Å²) < 4.78 is 5.25. The van der Waals surface area contributed by atoms with Gasteiger partial charge in [0.25, 0.3) is 5.91 Å². The Morgan fingerprint density at radius 3 is 2.42 bits per heavy atom. The summed E-state index contributed by atoms with van der Waals surface area (Å²) in [5.41, 5.74) is 2.72. The van der Waals surface area contributed by atoms with Crippen molar-refractivity contribution in [3.63, 3.8) is 0 Å². The van der Waals surface area contributed by atoms with Crippen LogP contribution in [-0.4, -0.2) is 37.4 Å². The van der Waals surface area contributed by atoms with Gasteiger partial charge in [0, 0.05) is 22.8 Å². The molecule has 3 aromatic rings. The average Bonchev–Trinajstić information content (AvgIpc) is 2.74. The largest absolute Gasteiger partial charge is 0.495 e. The van der Waals surface area contributed by atoms with Crippen LogP contribution < -0.4 is 15.4 Å². The smallest absolute Gasteiger partial charge is 0.255 e. The summed E-state index contributed by atoms with van der Waals surface area (Å²) in [4.78, 5) is 26.7. The Labute approximate surface area is 186 Å². The van der Waals surface area contributed by atoms with Crippen molar-refractivity contribution in [3.05, 3.63) is 88.9 Å². The molecule has 0 aliphatic heterocycles. The molecule has 0 aliphatic rings. The quantitative estimate of drug-likeness (QED) is 0.537. The topological polar surface area (TPSA) is 70.7 Å². The van der Waals surface area contributed by atoms with E-state index in [-0.39, 0.29) is 18.4 Å². The van der Waals surface area contributed by atoms with E-state index in [2.05, 4.69) is 10.6 Å². The monoisotopic (exact) mass is 437 g/mol. The van der Waals surface area contributed by atoms with Crippen LogP contribution in [0.3, 0.4) is 0 Å². The average molecular weight is 438 g/mol. The molecule has 0 atom stereocenters. The number of hydrogen-bond acceptors (Lipinski definition) is 4. The highest BCUT2D eigenvalue weighted by atomic mass is 35.5. The van der Waals surface area contributed by atoms with Gasteiger partial charge in [0.1, 0.15) is 5.75 Å². The Morgan fingerprint density at radius 1 is 0.968 bits per heavy atom. The summed E-state index contributed by atoms with van der Waals surface area (Å²) in [5.74, 6) is 0.181. The molecule has 0 saturated heterocycles. The minimum absolute atomic E-state index is 0.143. The fourth-order valence-corrected chi connectivity index (χ4v) is 3.31. The van der Waals surface area contributed by atoms with Crippen molar-refractivity contribution in [3.8, 4) is 5.75 Å². The maximum atomic E-state index is 12.5. The summed E-state index contributed by atoms with van der Waals surface area (Å²) in [6.07, 6.45) is 0. The van der Waals surface area contributed by atoms with E-state index in [4.69, 9.17) is 16.3 Å². The molecule has 0 aromatic heterocycles. The highest BCUT2D eigenvalue weighted by Gasteiger charge is 2.11. The van der Waals surface area contributed by atoms with Gasteiger partial charge in [0.05, 0.1) is 19.3 Å². The standard InChI is InChI=1S/C24H24ClN3O3/c1-28(15-17-6-5-7-19(25)14-17)16-23(29)26-20-12-10-18(11-13-20)24(30)27-21-8-3-4-9-22(21)31-2/h3-14H,15-16H2,1-2H3,(H,26,29)(H,27,30). The van der Waals surface area contributed by atoms with Crippen molar-refractivity contribution in [2.45, 2.75) is 6.54 Å². The molecule has 0 radical (unpaired) electrons. The number of nitrogens with zero attached hydrogens (tertiary/aromatic N) is 1. The van der Waals surface area contributed by atoms with Crippen molar-refractivity contribution in [1.82, 2.24) is 4.90 Å². The minimum atomic E-state index is -0.261. The van der Waals surface area contributed by atoms with E-state index in [0.717, 1.165) is 5.56 Å². The van der Waals surface area contributed by atoms with Gasteiger partial charge >= 0.3 is 0 Å². The SMILES string of the molecule is COc1ccccc1NC(=O)c1ccc(NC(=O)CN(C)Cc2cccc(Cl)c2)cc1. The number of amides is 2. The van der Waals surface area contributed by atoms with Crippen LogP contribution in [-0.2, 0) is 11.3 Å². The van der Waals surface area contributed by atoms with Crippen LogP contribution >= 0.6 is 11.6 Å². The molecule has 31 heavy (non-hydrogen) atoms. The predicted molar refractivity (Wildman–Crippen MR) is 124 cm³/mol. The first-order valence-corrected chi connectivity index (χ1v) is 10.1. The third-order valence-electron chi connectivity index (χ3n) is 4.54. The van der Waals surface area contributed by atoms with Crippen LogP contribution in [0.2, 0.25) is 5.02 Å². The third-order valence-corrected chi connectivity index (χ3v) is 4.78. The van der Waals surface area contributed by atoms with Gasteiger partial charge in [-0.15, -0.1) is 0 Å². The van der Waals surface area contributed by atoms with Gasteiger partial charge in [-0.25, -0.2) is 0 Å². The Balaban J connectivity index is 1.53. The molecule has 0 fully saturated rings. The second-order valence-electron chi connectivity index (χ2n) is 7.08. The molecule has 0 spiro atoms. The highest BCUT2D eigenvalue weighted by Crippen LogP contribution is 2.24. The maximum Gasteiger partial charge on any atom is 0.255 e. The fourth-order valence-electron chi connectivity index (χ4n) is 3.10. The lowest BCUT2D eigenvalue weighted by atomic mass is 10.2. The van der Waals surface area contributed by atoms with Crippen LogP contribution in [0.5, 0.6) is 5.75 Å².